The quantitative estimate of drug-likeness (QED) is 0.318. The molecule has 0 heterocycles. The maximum Gasteiger partial charge on any atom is 0.252 e. The summed E-state index contributed by atoms with van der Waals surface area (Å²) in [6, 6.07) is 18.1. The third kappa shape index (κ3) is 8.45. The Morgan fingerprint density at radius 3 is 1.55 bits per heavy atom. The molecule has 0 aliphatic rings. The lowest BCUT2D eigenvalue weighted by Crippen LogP contribution is -2.57. The van der Waals surface area contributed by atoms with E-state index >= 15 is 0 Å². The highest BCUT2D eigenvalue weighted by Gasteiger charge is 2.30. The fraction of sp³-hybridized carbons (Fsp3) is 0.375. The molecule has 2 aromatic rings. The van der Waals surface area contributed by atoms with Gasteiger partial charge in [0.25, 0.3) is 11.8 Å². The standard InChI is InChI=1S/C24H31N3O3S/c1-17(2)21(31)24(30)27-20(22(28)25-15-13-18-9-5-3-6-10-18)23(29)26-16-14-19-11-7-4-8-12-19/h3-12,17,20-21,31H,13-16H2,1-2H3,(H,25,28)(H,26,29)(H,27,30)/t21-/m0/s1. The van der Waals surface area contributed by atoms with Gasteiger partial charge in [-0.3, -0.25) is 14.4 Å². The molecule has 0 saturated carbocycles. The van der Waals surface area contributed by atoms with Crippen molar-refractivity contribution in [3.05, 3.63) is 71.8 Å². The Morgan fingerprint density at radius 2 is 1.16 bits per heavy atom. The minimum absolute atomic E-state index is 0.0359. The molecule has 0 fully saturated rings. The van der Waals surface area contributed by atoms with Crippen LogP contribution in [0.15, 0.2) is 60.7 Å². The van der Waals surface area contributed by atoms with Crippen LogP contribution in [0, 0.1) is 5.92 Å². The number of nitrogens with one attached hydrogen (secondary N) is 3. The van der Waals surface area contributed by atoms with Gasteiger partial charge >= 0.3 is 0 Å². The van der Waals surface area contributed by atoms with E-state index in [1.54, 1.807) is 0 Å². The van der Waals surface area contributed by atoms with Crippen molar-refractivity contribution in [2.75, 3.05) is 13.1 Å². The number of thiol groups is 1. The smallest absolute Gasteiger partial charge is 0.252 e. The molecule has 6 nitrogen and oxygen atoms in total. The topological polar surface area (TPSA) is 87.3 Å². The first-order valence-electron chi connectivity index (χ1n) is 10.5. The van der Waals surface area contributed by atoms with Gasteiger partial charge in [-0.15, -0.1) is 0 Å². The Kier molecular flexibility index (Phi) is 10.1. The van der Waals surface area contributed by atoms with E-state index in [1.807, 2.05) is 74.5 Å². The zero-order chi connectivity index (χ0) is 22.6. The molecule has 0 radical (unpaired) electrons. The Morgan fingerprint density at radius 1 is 0.742 bits per heavy atom. The van der Waals surface area contributed by atoms with Crippen LogP contribution in [0.5, 0.6) is 0 Å². The molecule has 0 spiro atoms. The minimum Gasteiger partial charge on any atom is -0.354 e. The molecule has 31 heavy (non-hydrogen) atoms. The van der Waals surface area contributed by atoms with Crippen LogP contribution >= 0.6 is 12.6 Å². The predicted molar refractivity (Wildman–Crippen MR) is 126 cm³/mol. The van der Waals surface area contributed by atoms with Crippen LogP contribution < -0.4 is 16.0 Å². The highest BCUT2D eigenvalue weighted by molar-refractivity contribution is 7.81. The fourth-order valence-electron chi connectivity index (χ4n) is 2.93. The molecule has 0 bridgehead atoms. The second-order valence-corrected chi connectivity index (χ2v) is 8.24. The Hall–Kier alpha value is -2.80. The lowest BCUT2D eigenvalue weighted by molar-refractivity contribution is -0.136. The molecule has 0 unspecified atom stereocenters. The van der Waals surface area contributed by atoms with Gasteiger partial charge in [-0.2, -0.15) is 12.6 Å². The van der Waals surface area contributed by atoms with E-state index in [4.69, 9.17) is 0 Å². The average molecular weight is 442 g/mol. The molecular weight excluding hydrogens is 410 g/mol. The number of hydrogen-bond acceptors (Lipinski definition) is 4. The largest absolute Gasteiger partial charge is 0.354 e. The summed E-state index contributed by atoms with van der Waals surface area (Å²) < 4.78 is 0. The molecule has 0 saturated heterocycles. The molecule has 3 N–H and O–H groups in total. The normalized spacial score (nSPS) is 11.8. The van der Waals surface area contributed by atoms with Gasteiger partial charge < -0.3 is 16.0 Å². The summed E-state index contributed by atoms with van der Waals surface area (Å²) in [5.41, 5.74) is 2.15. The van der Waals surface area contributed by atoms with Gasteiger partial charge in [0.1, 0.15) is 0 Å². The third-order valence-corrected chi connectivity index (χ3v) is 5.65. The summed E-state index contributed by atoms with van der Waals surface area (Å²) >= 11 is 4.29. The summed E-state index contributed by atoms with van der Waals surface area (Å²) in [6.45, 7) is 4.43. The van der Waals surface area contributed by atoms with Crippen LogP contribution in [0.4, 0.5) is 0 Å². The maximum atomic E-state index is 12.7. The van der Waals surface area contributed by atoms with Gasteiger partial charge in [0, 0.05) is 13.1 Å². The van der Waals surface area contributed by atoms with Crippen molar-refractivity contribution in [2.45, 2.75) is 38.0 Å². The van der Waals surface area contributed by atoms with Gasteiger partial charge in [-0.1, -0.05) is 74.5 Å². The minimum atomic E-state index is -1.31. The molecule has 166 valence electrons. The van der Waals surface area contributed by atoms with E-state index < -0.39 is 29.0 Å². The van der Waals surface area contributed by atoms with Crippen LogP contribution in [0.1, 0.15) is 25.0 Å². The van der Waals surface area contributed by atoms with E-state index in [0.717, 1.165) is 11.1 Å². The van der Waals surface area contributed by atoms with Gasteiger partial charge in [-0.25, -0.2) is 0 Å². The summed E-state index contributed by atoms with van der Waals surface area (Å²) in [5, 5.41) is 7.45. The number of hydrogen-bond donors (Lipinski definition) is 4. The number of carbonyl (C=O) groups is 3. The maximum absolute atomic E-state index is 12.7. The summed E-state index contributed by atoms with van der Waals surface area (Å²) in [6.07, 6.45) is 1.26. The van der Waals surface area contributed by atoms with Gasteiger partial charge in [0.15, 0.2) is 6.04 Å². The van der Waals surface area contributed by atoms with E-state index in [0.29, 0.717) is 25.9 Å². The van der Waals surface area contributed by atoms with Gasteiger partial charge in [0.05, 0.1) is 5.25 Å². The third-order valence-electron chi connectivity index (χ3n) is 4.82. The number of rotatable bonds is 11. The molecule has 0 aliphatic carbocycles. The van der Waals surface area contributed by atoms with E-state index in [1.165, 1.54) is 0 Å². The van der Waals surface area contributed by atoms with Gasteiger partial charge in [0.2, 0.25) is 5.91 Å². The van der Waals surface area contributed by atoms with Crippen molar-refractivity contribution in [3.63, 3.8) is 0 Å². The van der Waals surface area contributed by atoms with Crippen LogP contribution in [0.25, 0.3) is 0 Å². The number of amides is 3. The molecule has 2 rings (SSSR count). The van der Waals surface area contributed by atoms with E-state index in [-0.39, 0.29) is 5.92 Å². The Bertz CT molecular complexity index is 786. The van der Waals surface area contributed by atoms with Gasteiger partial charge in [-0.05, 0) is 29.9 Å². The molecule has 3 amide bonds. The molecule has 0 aliphatic heterocycles. The first kappa shape index (κ1) is 24.5. The monoisotopic (exact) mass is 441 g/mol. The van der Waals surface area contributed by atoms with Crippen molar-refractivity contribution in [3.8, 4) is 0 Å². The van der Waals surface area contributed by atoms with E-state index in [2.05, 4.69) is 28.6 Å². The number of benzene rings is 2. The van der Waals surface area contributed by atoms with Crippen LogP contribution in [-0.4, -0.2) is 42.1 Å². The van der Waals surface area contributed by atoms with Crippen LogP contribution in [-0.2, 0) is 27.2 Å². The molecule has 2 aromatic carbocycles. The lowest BCUT2D eigenvalue weighted by Gasteiger charge is -2.21. The van der Waals surface area contributed by atoms with Crippen molar-refractivity contribution >= 4 is 30.4 Å². The van der Waals surface area contributed by atoms with Crippen LogP contribution in [0.2, 0.25) is 0 Å². The number of carbonyl (C=O) groups excluding carboxylic acids is 3. The zero-order valence-electron chi connectivity index (χ0n) is 18.0. The highest BCUT2D eigenvalue weighted by Crippen LogP contribution is 2.09. The fourth-order valence-corrected chi connectivity index (χ4v) is 3.01. The second kappa shape index (κ2) is 12.8. The van der Waals surface area contributed by atoms with E-state index in [9.17, 15) is 14.4 Å². The Labute approximate surface area is 189 Å². The van der Waals surface area contributed by atoms with Crippen LogP contribution in [0.3, 0.4) is 0 Å². The summed E-state index contributed by atoms with van der Waals surface area (Å²) in [4.78, 5) is 37.9. The summed E-state index contributed by atoms with van der Waals surface area (Å²) in [5.74, 6) is -1.55. The molecule has 0 aromatic heterocycles. The first-order valence-corrected chi connectivity index (χ1v) is 11.0. The van der Waals surface area contributed by atoms with Crippen molar-refractivity contribution < 1.29 is 14.4 Å². The average Bonchev–Trinajstić information content (AvgIpc) is 2.77. The SMILES string of the molecule is CC(C)[C@H](S)C(=O)NC(C(=O)NCCc1ccccc1)C(=O)NCCc1ccccc1. The van der Waals surface area contributed by atoms with Crippen molar-refractivity contribution in [1.82, 2.24) is 16.0 Å². The van der Waals surface area contributed by atoms with Crippen molar-refractivity contribution in [2.24, 2.45) is 5.92 Å². The lowest BCUT2D eigenvalue weighted by atomic mass is 10.1. The Balaban J connectivity index is 1.95. The second-order valence-electron chi connectivity index (χ2n) is 7.68. The molecular formula is C24H31N3O3S. The summed E-state index contributed by atoms with van der Waals surface area (Å²) in [7, 11) is 0. The molecule has 7 heteroatoms. The molecule has 1 atom stereocenters. The first-order chi connectivity index (χ1) is 14.9. The highest BCUT2D eigenvalue weighted by atomic mass is 32.1. The predicted octanol–water partition coefficient (Wildman–Crippen LogP) is 2.14. The van der Waals surface area contributed by atoms with Crippen molar-refractivity contribution in [1.29, 1.82) is 0 Å². The zero-order valence-corrected chi connectivity index (χ0v) is 18.9.